The maximum absolute atomic E-state index is 13.1. The van der Waals surface area contributed by atoms with Gasteiger partial charge in [0.15, 0.2) is 6.29 Å². The van der Waals surface area contributed by atoms with E-state index in [0.29, 0.717) is 17.8 Å². The molecule has 0 saturated carbocycles. The van der Waals surface area contributed by atoms with Crippen molar-refractivity contribution in [2.24, 2.45) is 0 Å². The molecule has 26 heavy (non-hydrogen) atoms. The van der Waals surface area contributed by atoms with Gasteiger partial charge in [0.25, 0.3) is 0 Å². The second kappa shape index (κ2) is 6.56. The molecule has 4 heteroatoms. The van der Waals surface area contributed by atoms with E-state index < -0.39 is 0 Å². The van der Waals surface area contributed by atoms with E-state index in [1.165, 1.54) is 12.1 Å². The van der Waals surface area contributed by atoms with E-state index in [9.17, 15) is 9.18 Å². The van der Waals surface area contributed by atoms with E-state index >= 15 is 0 Å². The highest BCUT2D eigenvalue weighted by atomic mass is 19.1. The third-order valence-electron chi connectivity index (χ3n) is 4.58. The van der Waals surface area contributed by atoms with Gasteiger partial charge in [-0.2, -0.15) is 0 Å². The van der Waals surface area contributed by atoms with Gasteiger partial charge in [0.2, 0.25) is 0 Å². The van der Waals surface area contributed by atoms with Crippen LogP contribution in [0.3, 0.4) is 0 Å². The van der Waals surface area contributed by atoms with Gasteiger partial charge in [0.1, 0.15) is 11.5 Å². The summed E-state index contributed by atoms with van der Waals surface area (Å²) in [5.41, 5.74) is 5.01. The molecular weight excluding hydrogens is 327 g/mol. The number of rotatable bonds is 4. The molecule has 0 aliphatic heterocycles. The summed E-state index contributed by atoms with van der Waals surface area (Å²) in [6.07, 6.45) is 2.84. The number of halogens is 1. The maximum Gasteiger partial charge on any atom is 0.152 e. The van der Waals surface area contributed by atoms with Crippen LogP contribution in [0, 0.1) is 12.7 Å². The maximum atomic E-state index is 13.1. The van der Waals surface area contributed by atoms with Gasteiger partial charge in [0.05, 0.1) is 5.69 Å². The molecule has 0 unspecified atom stereocenters. The number of fused-ring (bicyclic) bond motifs is 1. The molecule has 2 aromatic carbocycles. The minimum Gasteiger partial charge on any atom is -0.328 e. The lowest BCUT2D eigenvalue weighted by molar-refractivity contribution is 0.112. The molecule has 0 spiro atoms. The van der Waals surface area contributed by atoms with Crippen molar-refractivity contribution in [1.82, 2.24) is 9.55 Å². The summed E-state index contributed by atoms with van der Waals surface area (Å²) >= 11 is 0. The third-order valence-corrected chi connectivity index (χ3v) is 4.58. The van der Waals surface area contributed by atoms with E-state index in [4.69, 9.17) is 0 Å². The van der Waals surface area contributed by atoms with E-state index in [-0.39, 0.29) is 5.82 Å². The van der Waals surface area contributed by atoms with Crippen LogP contribution >= 0.6 is 0 Å². The monoisotopic (exact) mass is 344 g/mol. The molecule has 4 aromatic rings. The largest absolute Gasteiger partial charge is 0.328 e. The SMILES string of the molecule is Cc1nc2c(ccn2Cc2ccc(F)cc2)c(-c2ccccc2)c1C=O. The minimum atomic E-state index is -0.248. The highest BCUT2D eigenvalue weighted by molar-refractivity contribution is 6.03. The van der Waals surface area contributed by atoms with Crippen molar-refractivity contribution >= 4 is 17.3 Å². The van der Waals surface area contributed by atoms with Crippen molar-refractivity contribution in [3.63, 3.8) is 0 Å². The Morgan fingerprint density at radius 1 is 1.04 bits per heavy atom. The summed E-state index contributed by atoms with van der Waals surface area (Å²) in [5, 5.41) is 0.936. The minimum absolute atomic E-state index is 0.248. The zero-order valence-corrected chi connectivity index (χ0v) is 14.3. The first-order valence-electron chi connectivity index (χ1n) is 8.42. The number of aryl methyl sites for hydroxylation is 1. The molecule has 0 radical (unpaired) electrons. The molecule has 2 heterocycles. The van der Waals surface area contributed by atoms with Gasteiger partial charge in [-0.25, -0.2) is 9.37 Å². The molecule has 2 aromatic heterocycles. The average molecular weight is 344 g/mol. The number of carbonyl (C=O) groups excluding carboxylic acids is 1. The summed E-state index contributed by atoms with van der Waals surface area (Å²) in [6.45, 7) is 2.44. The molecule has 4 rings (SSSR count). The molecule has 0 aliphatic rings. The van der Waals surface area contributed by atoms with Crippen molar-refractivity contribution in [1.29, 1.82) is 0 Å². The summed E-state index contributed by atoms with van der Waals surface area (Å²) in [6, 6.07) is 18.3. The van der Waals surface area contributed by atoms with Crippen LogP contribution in [0.1, 0.15) is 21.6 Å². The summed E-state index contributed by atoms with van der Waals surface area (Å²) in [5.74, 6) is -0.248. The lowest BCUT2D eigenvalue weighted by Gasteiger charge is -2.12. The molecular formula is C22H17FN2O. The first kappa shape index (κ1) is 16.2. The molecule has 0 amide bonds. The fourth-order valence-corrected chi connectivity index (χ4v) is 3.30. The highest BCUT2D eigenvalue weighted by Crippen LogP contribution is 2.33. The molecule has 0 bridgehead atoms. The first-order chi connectivity index (χ1) is 12.7. The Morgan fingerprint density at radius 2 is 1.77 bits per heavy atom. The Bertz CT molecular complexity index is 1080. The topological polar surface area (TPSA) is 34.9 Å². The Labute approximate surface area is 150 Å². The molecule has 128 valence electrons. The van der Waals surface area contributed by atoms with Crippen molar-refractivity contribution in [3.05, 3.63) is 89.5 Å². The van der Waals surface area contributed by atoms with Crippen LogP contribution in [0.25, 0.3) is 22.2 Å². The molecule has 0 atom stereocenters. The van der Waals surface area contributed by atoms with Crippen molar-refractivity contribution < 1.29 is 9.18 Å². The molecule has 3 nitrogen and oxygen atoms in total. The zero-order valence-electron chi connectivity index (χ0n) is 14.3. The zero-order chi connectivity index (χ0) is 18.1. The van der Waals surface area contributed by atoms with E-state index in [0.717, 1.165) is 34.0 Å². The van der Waals surface area contributed by atoms with Crippen LogP contribution in [0.4, 0.5) is 4.39 Å². The van der Waals surface area contributed by atoms with Gasteiger partial charge < -0.3 is 4.57 Å². The number of benzene rings is 2. The first-order valence-corrected chi connectivity index (χ1v) is 8.42. The Hall–Kier alpha value is -3.27. The molecule has 0 N–H and O–H groups in total. The highest BCUT2D eigenvalue weighted by Gasteiger charge is 2.16. The van der Waals surface area contributed by atoms with Crippen LogP contribution in [-0.2, 0) is 6.54 Å². The lowest BCUT2D eigenvalue weighted by Crippen LogP contribution is -2.03. The van der Waals surface area contributed by atoms with Crippen LogP contribution in [-0.4, -0.2) is 15.8 Å². The molecule has 0 saturated heterocycles. The van der Waals surface area contributed by atoms with Crippen LogP contribution in [0.5, 0.6) is 0 Å². The standard InChI is InChI=1S/C22H17FN2O/c1-15-20(14-26)21(17-5-3-2-4-6-17)19-11-12-25(22(19)24-15)13-16-7-9-18(23)10-8-16/h2-12,14H,13H2,1H3. The van der Waals surface area contributed by atoms with Gasteiger partial charge in [-0.3, -0.25) is 4.79 Å². The van der Waals surface area contributed by atoms with Crippen LogP contribution in [0.2, 0.25) is 0 Å². The number of aromatic nitrogens is 2. The second-order valence-electron chi connectivity index (χ2n) is 6.28. The van der Waals surface area contributed by atoms with Crippen molar-refractivity contribution in [3.8, 4) is 11.1 Å². The van der Waals surface area contributed by atoms with Gasteiger partial charge in [-0.1, -0.05) is 42.5 Å². The lowest BCUT2D eigenvalue weighted by atomic mass is 9.97. The van der Waals surface area contributed by atoms with Crippen LogP contribution < -0.4 is 0 Å². The summed E-state index contributed by atoms with van der Waals surface area (Å²) in [4.78, 5) is 16.4. The van der Waals surface area contributed by atoms with Gasteiger partial charge in [-0.05, 0) is 36.2 Å². The Balaban J connectivity index is 1.90. The van der Waals surface area contributed by atoms with E-state index in [1.807, 2.05) is 54.1 Å². The normalized spacial score (nSPS) is 11.0. The fourth-order valence-electron chi connectivity index (χ4n) is 3.30. The predicted octanol–water partition coefficient (Wildman–Crippen LogP) is 5.01. The number of aldehydes is 1. The van der Waals surface area contributed by atoms with E-state index in [2.05, 4.69) is 4.98 Å². The smallest absolute Gasteiger partial charge is 0.152 e. The quantitative estimate of drug-likeness (QED) is 0.488. The Kier molecular flexibility index (Phi) is 4.09. The number of pyridine rings is 1. The predicted molar refractivity (Wildman–Crippen MR) is 101 cm³/mol. The van der Waals surface area contributed by atoms with Gasteiger partial charge in [-0.15, -0.1) is 0 Å². The number of nitrogens with zero attached hydrogens (tertiary/aromatic N) is 2. The van der Waals surface area contributed by atoms with Crippen molar-refractivity contribution in [2.45, 2.75) is 13.5 Å². The van der Waals surface area contributed by atoms with Crippen LogP contribution in [0.15, 0.2) is 66.9 Å². The summed E-state index contributed by atoms with van der Waals surface area (Å²) in [7, 11) is 0. The Morgan fingerprint density at radius 3 is 2.46 bits per heavy atom. The van der Waals surface area contributed by atoms with Crippen molar-refractivity contribution in [2.75, 3.05) is 0 Å². The van der Waals surface area contributed by atoms with Gasteiger partial charge in [0, 0.05) is 29.3 Å². The van der Waals surface area contributed by atoms with Gasteiger partial charge >= 0.3 is 0 Å². The number of hydrogen-bond acceptors (Lipinski definition) is 2. The number of hydrogen-bond donors (Lipinski definition) is 0. The fraction of sp³-hybridized carbons (Fsp3) is 0.0909. The molecule has 0 aliphatic carbocycles. The van der Waals surface area contributed by atoms with E-state index in [1.54, 1.807) is 12.1 Å². The average Bonchev–Trinajstić information content (AvgIpc) is 3.05. The summed E-state index contributed by atoms with van der Waals surface area (Å²) < 4.78 is 15.2. The molecule has 0 fully saturated rings. The third kappa shape index (κ3) is 2.80. The number of carbonyl (C=O) groups is 1. The second-order valence-corrected chi connectivity index (χ2v) is 6.28.